The zero-order valence-electron chi connectivity index (χ0n) is 16.6. The van der Waals surface area contributed by atoms with Crippen molar-refractivity contribution in [3.8, 4) is 17.0 Å². The second-order valence-corrected chi connectivity index (χ2v) is 8.79. The third-order valence-corrected chi connectivity index (χ3v) is 6.00. The van der Waals surface area contributed by atoms with Crippen LogP contribution in [0.15, 0.2) is 63.9 Å². The Labute approximate surface area is 183 Å². The monoisotopic (exact) mass is 488 g/mol. The molecule has 174 valence electrons. The summed E-state index contributed by atoms with van der Waals surface area (Å²) in [5.74, 6) is -1.45. The Morgan fingerprint density at radius 1 is 0.879 bits per heavy atom. The zero-order valence-corrected chi connectivity index (χ0v) is 17.4. The summed E-state index contributed by atoms with van der Waals surface area (Å²) in [5.41, 5.74) is 0.200. The van der Waals surface area contributed by atoms with Crippen molar-refractivity contribution in [1.82, 2.24) is 4.57 Å². The summed E-state index contributed by atoms with van der Waals surface area (Å²) in [7, 11) is -4.15. The number of rotatable bonds is 3. The van der Waals surface area contributed by atoms with Crippen molar-refractivity contribution in [3.63, 3.8) is 0 Å². The number of halogens is 6. The fraction of sp³-hybridized carbons (Fsp3) is 0.143. The summed E-state index contributed by atoms with van der Waals surface area (Å²) < 4.78 is 108. The molecule has 2 aromatic heterocycles. The van der Waals surface area contributed by atoms with Crippen LogP contribution in [0.4, 0.5) is 26.3 Å². The molecule has 0 bridgehead atoms. The number of sulfonamides is 1. The van der Waals surface area contributed by atoms with Crippen LogP contribution in [0.3, 0.4) is 0 Å². The second-order valence-electron chi connectivity index (χ2n) is 7.23. The molecule has 33 heavy (non-hydrogen) atoms. The number of benzene rings is 2. The molecular formula is C21H14F6N2O3S. The average Bonchev–Trinajstić information content (AvgIpc) is 3.28. The van der Waals surface area contributed by atoms with Crippen LogP contribution in [-0.4, -0.2) is 13.0 Å². The molecule has 4 rings (SSSR count). The number of hydrogen-bond donors (Lipinski definition) is 1. The Morgan fingerprint density at radius 3 is 2.03 bits per heavy atom. The average molecular weight is 488 g/mol. The van der Waals surface area contributed by atoms with E-state index in [4.69, 9.17) is 9.56 Å². The van der Waals surface area contributed by atoms with Crippen LogP contribution in [0.5, 0.6) is 0 Å². The first-order valence-electron chi connectivity index (χ1n) is 9.21. The Hall–Kier alpha value is -3.25. The normalized spacial score (nSPS) is 13.1. The van der Waals surface area contributed by atoms with Crippen molar-refractivity contribution in [1.29, 1.82) is 0 Å². The molecule has 0 amide bonds. The van der Waals surface area contributed by atoms with Gasteiger partial charge in [0.2, 0.25) is 15.8 Å². The second kappa shape index (κ2) is 7.39. The van der Waals surface area contributed by atoms with Gasteiger partial charge in [0.05, 0.1) is 16.0 Å². The molecule has 0 aliphatic carbocycles. The van der Waals surface area contributed by atoms with E-state index in [2.05, 4.69) is 0 Å². The van der Waals surface area contributed by atoms with E-state index in [1.165, 1.54) is 41.8 Å². The van der Waals surface area contributed by atoms with Crippen molar-refractivity contribution in [3.05, 3.63) is 71.6 Å². The number of aromatic nitrogens is 1. The topological polar surface area (TPSA) is 78.2 Å². The number of alkyl halides is 6. The lowest BCUT2D eigenvalue weighted by Crippen LogP contribution is -2.11. The standard InChI is InChI=1S/C21H14F6N2O3S/c1-11-19(17-8-9-18(32-17)21(25,26)27)15-10-14(33(28,30)31)6-7-16(15)29(11)13-4-2-12(3-5-13)20(22,23)24/h2-10H,1H3,(H2,28,30,31). The van der Waals surface area contributed by atoms with E-state index in [-0.39, 0.29) is 27.3 Å². The molecule has 12 heteroatoms. The van der Waals surface area contributed by atoms with Crippen LogP contribution in [0.1, 0.15) is 17.0 Å². The van der Waals surface area contributed by atoms with Gasteiger partial charge in [0.25, 0.3) is 0 Å². The van der Waals surface area contributed by atoms with E-state index in [0.717, 1.165) is 24.3 Å². The van der Waals surface area contributed by atoms with E-state index in [1.54, 1.807) is 0 Å². The Bertz CT molecular complexity index is 1460. The molecule has 0 unspecified atom stereocenters. The van der Waals surface area contributed by atoms with Crippen LogP contribution in [0.2, 0.25) is 0 Å². The molecule has 0 spiro atoms. The van der Waals surface area contributed by atoms with Crippen LogP contribution in [0, 0.1) is 6.92 Å². The highest BCUT2D eigenvalue weighted by atomic mass is 32.2. The Morgan fingerprint density at radius 2 is 1.52 bits per heavy atom. The van der Waals surface area contributed by atoms with Crippen molar-refractivity contribution in [2.45, 2.75) is 24.2 Å². The van der Waals surface area contributed by atoms with E-state index in [0.29, 0.717) is 11.2 Å². The maximum absolute atomic E-state index is 13.1. The van der Waals surface area contributed by atoms with Gasteiger partial charge >= 0.3 is 12.4 Å². The zero-order chi connectivity index (χ0) is 24.3. The third-order valence-electron chi connectivity index (χ3n) is 5.09. The number of nitrogens with two attached hydrogens (primary N) is 1. The molecule has 0 aliphatic heterocycles. The molecule has 2 N–H and O–H groups in total. The number of hydrogen-bond acceptors (Lipinski definition) is 3. The summed E-state index contributed by atoms with van der Waals surface area (Å²) in [4.78, 5) is -0.288. The summed E-state index contributed by atoms with van der Waals surface area (Å²) >= 11 is 0. The minimum atomic E-state index is -4.75. The smallest absolute Gasteiger partial charge is 0.449 e. The highest BCUT2D eigenvalue weighted by molar-refractivity contribution is 7.89. The molecule has 0 aliphatic rings. The largest absolute Gasteiger partial charge is 0.451 e. The summed E-state index contributed by atoms with van der Waals surface area (Å²) in [6, 6.07) is 9.73. The van der Waals surface area contributed by atoms with E-state index < -0.39 is 33.7 Å². The maximum Gasteiger partial charge on any atom is 0.449 e. The van der Waals surface area contributed by atoms with Crippen molar-refractivity contribution in [2.24, 2.45) is 5.14 Å². The third kappa shape index (κ3) is 4.11. The number of fused-ring (bicyclic) bond motifs is 1. The summed E-state index contributed by atoms with van der Waals surface area (Å²) in [6.45, 7) is 1.53. The van der Waals surface area contributed by atoms with Crippen LogP contribution in [-0.2, 0) is 22.4 Å². The van der Waals surface area contributed by atoms with E-state index >= 15 is 0 Å². The van der Waals surface area contributed by atoms with Gasteiger partial charge in [-0.15, -0.1) is 0 Å². The lowest BCUT2D eigenvalue weighted by Gasteiger charge is -2.11. The quantitative estimate of drug-likeness (QED) is 0.366. The molecule has 5 nitrogen and oxygen atoms in total. The van der Waals surface area contributed by atoms with Gasteiger partial charge in [-0.25, -0.2) is 13.6 Å². The molecule has 0 saturated heterocycles. The molecule has 0 atom stereocenters. The SMILES string of the molecule is Cc1c(-c2ccc(C(F)(F)F)o2)c2cc(S(N)(=O)=O)ccc2n1-c1ccc(C(F)(F)F)cc1. The predicted octanol–water partition coefficient (Wildman–Crippen LogP) is 5.88. The summed E-state index contributed by atoms with van der Waals surface area (Å²) in [6.07, 6.45) is -9.30. The highest BCUT2D eigenvalue weighted by Crippen LogP contribution is 2.41. The Balaban J connectivity index is 2.01. The van der Waals surface area contributed by atoms with Gasteiger partial charge in [-0.2, -0.15) is 26.3 Å². The molecule has 0 saturated carbocycles. The van der Waals surface area contributed by atoms with Crippen molar-refractivity contribution < 1.29 is 39.2 Å². The molecule has 2 aromatic carbocycles. The fourth-order valence-electron chi connectivity index (χ4n) is 3.64. The first-order valence-corrected chi connectivity index (χ1v) is 10.8. The number of nitrogens with zero attached hydrogens (tertiary/aromatic N) is 1. The summed E-state index contributed by atoms with van der Waals surface area (Å²) in [5, 5.41) is 5.39. The van der Waals surface area contributed by atoms with Gasteiger partial charge in [0.1, 0.15) is 5.76 Å². The van der Waals surface area contributed by atoms with Gasteiger partial charge in [0, 0.05) is 22.3 Å². The lowest BCUT2D eigenvalue weighted by molar-refractivity contribution is -0.152. The van der Waals surface area contributed by atoms with Crippen LogP contribution >= 0.6 is 0 Å². The first kappa shape index (κ1) is 22.9. The van der Waals surface area contributed by atoms with Crippen LogP contribution < -0.4 is 5.14 Å². The van der Waals surface area contributed by atoms with Gasteiger partial charge in [-0.05, 0) is 61.5 Å². The Kier molecular flexibility index (Phi) is 5.13. The maximum atomic E-state index is 13.1. The van der Waals surface area contributed by atoms with Gasteiger partial charge in [0.15, 0.2) is 0 Å². The highest BCUT2D eigenvalue weighted by Gasteiger charge is 2.35. The molecule has 4 aromatic rings. The van der Waals surface area contributed by atoms with Crippen molar-refractivity contribution >= 4 is 20.9 Å². The van der Waals surface area contributed by atoms with Crippen molar-refractivity contribution in [2.75, 3.05) is 0 Å². The molecule has 2 heterocycles. The lowest BCUT2D eigenvalue weighted by atomic mass is 10.1. The first-order chi connectivity index (χ1) is 15.2. The molecule has 0 radical (unpaired) electrons. The minimum Gasteiger partial charge on any atom is -0.451 e. The van der Waals surface area contributed by atoms with Crippen LogP contribution in [0.25, 0.3) is 27.9 Å². The molecule has 0 fully saturated rings. The van der Waals surface area contributed by atoms with E-state index in [9.17, 15) is 34.8 Å². The predicted molar refractivity (Wildman–Crippen MR) is 107 cm³/mol. The van der Waals surface area contributed by atoms with E-state index in [1.807, 2.05) is 0 Å². The van der Waals surface area contributed by atoms with Gasteiger partial charge in [-0.1, -0.05) is 0 Å². The molecular weight excluding hydrogens is 474 g/mol. The number of primary sulfonamides is 1. The minimum absolute atomic E-state index is 0.144. The van der Waals surface area contributed by atoms with Gasteiger partial charge < -0.3 is 8.98 Å². The fourth-order valence-corrected chi connectivity index (χ4v) is 4.18. The number of furan rings is 1. The van der Waals surface area contributed by atoms with Gasteiger partial charge in [-0.3, -0.25) is 0 Å².